The molecule has 0 radical (unpaired) electrons. The number of halogens is 2. The number of benzene rings is 1. The third kappa shape index (κ3) is 3.50. The van der Waals surface area contributed by atoms with Gasteiger partial charge in [0.2, 0.25) is 5.91 Å². The molecule has 0 atom stereocenters. The maximum Gasteiger partial charge on any atom is 0.236 e. The largest absolute Gasteiger partial charge is 0.340 e. The third-order valence-electron chi connectivity index (χ3n) is 2.97. The molecule has 1 aliphatic carbocycles. The van der Waals surface area contributed by atoms with Gasteiger partial charge in [0.15, 0.2) is 0 Å². The van der Waals surface area contributed by atoms with Crippen LogP contribution in [0, 0.1) is 11.6 Å². The Bertz CT molecular complexity index is 447. The van der Waals surface area contributed by atoms with Crippen molar-refractivity contribution in [3.05, 3.63) is 35.4 Å². The van der Waals surface area contributed by atoms with Gasteiger partial charge in [-0.25, -0.2) is 8.78 Å². The molecule has 3 nitrogen and oxygen atoms in total. The van der Waals surface area contributed by atoms with Gasteiger partial charge in [0.1, 0.15) is 11.6 Å². The van der Waals surface area contributed by atoms with Gasteiger partial charge >= 0.3 is 0 Å². The maximum atomic E-state index is 13.4. The van der Waals surface area contributed by atoms with Crippen LogP contribution in [-0.4, -0.2) is 30.4 Å². The van der Waals surface area contributed by atoms with Crippen molar-refractivity contribution < 1.29 is 13.6 Å². The molecule has 1 aromatic carbocycles. The first-order valence-electron chi connectivity index (χ1n) is 5.97. The highest BCUT2D eigenvalue weighted by Crippen LogP contribution is 2.18. The number of carbonyl (C=O) groups excluding carboxylic acids is 1. The Morgan fingerprint density at radius 3 is 2.78 bits per heavy atom. The molecule has 1 saturated carbocycles. The molecule has 5 heteroatoms. The van der Waals surface area contributed by atoms with Crippen molar-refractivity contribution in [1.82, 2.24) is 10.2 Å². The summed E-state index contributed by atoms with van der Waals surface area (Å²) < 4.78 is 26.1. The fourth-order valence-corrected chi connectivity index (χ4v) is 1.65. The Kier molecular flexibility index (Phi) is 3.91. The van der Waals surface area contributed by atoms with E-state index in [1.54, 1.807) is 7.05 Å². The van der Waals surface area contributed by atoms with Gasteiger partial charge in [0, 0.05) is 31.3 Å². The second-order valence-corrected chi connectivity index (χ2v) is 4.64. The molecule has 18 heavy (non-hydrogen) atoms. The van der Waals surface area contributed by atoms with Gasteiger partial charge < -0.3 is 10.2 Å². The van der Waals surface area contributed by atoms with Crippen molar-refractivity contribution in [3.63, 3.8) is 0 Å². The van der Waals surface area contributed by atoms with E-state index in [-0.39, 0.29) is 19.0 Å². The molecule has 0 aliphatic heterocycles. The molecule has 1 aliphatic rings. The number of hydrogen-bond acceptors (Lipinski definition) is 2. The van der Waals surface area contributed by atoms with Crippen LogP contribution in [0.2, 0.25) is 0 Å². The minimum atomic E-state index is -0.621. The number of hydrogen-bond donors (Lipinski definition) is 1. The predicted molar refractivity (Wildman–Crippen MR) is 63.9 cm³/mol. The summed E-state index contributed by atoms with van der Waals surface area (Å²) in [6.07, 6.45) is 2.23. The van der Waals surface area contributed by atoms with Gasteiger partial charge in [-0.1, -0.05) is 6.07 Å². The highest BCUT2D eigenvalue weighted by atomic mass is 19.1. The Balaban J connectivity index is 1.88. The quantitative estimate of drug-likeness (QED) is 0.867. The topological polar surface area (TPSA) is 32.3 Å². The molecule has 98 valence electrons. The van der Waals surface area contributed by atoms with E-state index < -0.39 is 11.6 Å². The average molecular weight is 254 g/mol. The van der Waals surface area contributed by atoms with E-state index in [9.17, 15) is 13.6 Å². The molecule has 0 bridgehead atoms. The average Bonchev–Trinajstić information content (AvgIpc) is 3.13. The SMILES string of the molecule is CN(Cc1ccc(F)cc1F)C(=O)CNC1CC1. The fourth-order valence-electron chi connectivity index (χ4n) is 1.65. The molecular formula is C13H16F2N2O. The lowest BCUT2D eigenvalue weighted by molar-refractivity contribution is -0.129. The summed E-state index contributed by atoms with van der Waals surface area (Å²) in [7, 11) is 1.61. The van der Waals surface area contributed by atoms with E-state index in [0.717, 1.165) is 18.9 Å². The number of amides is 1. The van der Waals surface area contributed by atoms with Crippen LogP contribution < -0.4 is 5.32 Å². The third-order valence-corrected chi connectivity index (χ3v) is 2.97. The molecule has 0 heterocycles. The van der Waals surface area contributed by atoms with Crippen LogP contribution in [0.1, 0.15) is 18.4 Å². The van der Waals surface area contributed by atoms with Crippen LogP contribution in [-0.2, 0) is 11.3 Å². The normalized spacial score (nSPS) is 14.6. The van der Waals surface area contributed by atoms with Crippen molar-refractivity contribution >= 4 is 5.91 Å². The van der Waals surface area contributed by atoms with E-state index in [1.165, 1.54) is 17.0 Å². The summed E-state index contributed by atoms with van der Waals surface area (Å²) in [6.45, 7) is 0.418. The lowest BCUT2D eigenvalue weighted by atomic mass is 10.2. The highest BCUT2D eigenvalue weighted by Gasteiger charge is 2.22. The van der Waals surface area contributed by atoms with Gasteiger partial charge in [0.25, 0.3) is 0 Å². The van der Waals surface area contributed by atoms with E-state index in [2.05, 4.69) is 5.32 Å². The van der Waals surface area contributed by atoms with Crippen molar-refractivity contribution in [1.29, 1.82) is 0 Å². The summed E-state index contributed by atoms with van der Waals surface area (Å²) in [5.41, 5.74) is 0.318. The van der Waals surface area contributed by atoms with Crippen LogP contribution >= 0.6 is 0 Å². The van der Waals surface area contributed by atoms with Crippen molar-refractivity contribution in [2.45, 2.75) is 25.4 Å². The van der Waals surface area contributed by atoms with Crippen molar-refractivity contribution in [2.24, 2.45) is 0 Å². The minimum absolute atomic E-state index is 0.0920. The predicted octanol–water partition coefficient (Wildman–Crippen LogP) is 1.68. The van der Waals surface area contributed by atoms with Gasteiger partial charge in [0.05, 0.1) is 6.54 Å². The second-order valence-electron chi connectivity index (χ2n) is 4.64. The van der Waals surface area contributed by atoms with E-state index >= 15 is 0 Å². The second kappa shape index (κ2) is 5.44. The molecule has 2 rings (SSSR count). The standard InChI is InChI=1S/C13H16F2N2O/c1-17(13(18)7-16-11-4-5-11)8-9-2-3-10(14)6-12(9)15/h2-3,6,11,16H,4-5,7-8H2,1H3. The molecule has 1 N–H and O–H groups in total. The number of carbonyl (C=O) groups is 1. The van der Waals surface area contributed by atoms with E-state index in [4.69, 9.17) is 0 Å². The van der Waals surface area contributed by atoms with Crippen LogP contribution in [0.15, 0.2) is 18.2 Å². The highest BCUT2D eigenvalue weighted by molar-refractivity contribution is 5.78. The fraction of sp³-hybridized carbons (Fsp3) is 0.462. The Morgan fingerprint density at radius 2 is 2.17 bits per heavy atom. The molecule has 1 aromatic rings. The number of nitrogens with zero attached hydrogens (tertiary/aromatic N) is 1. The summed E-state index contributed by atoms with van der Waals surface area (Å²) in [5, 5.41) is 3.10. The molecule has 1 fully saturated rings. The summed E-state index contributed by atoms with van der Waals surface area (Å²) in [4.78, 5) is 13.2. The van der Waals surface area contributed by atoms with Gasteiger partial charge in [-0.15, -0.1) is 0 Å². The zero-order valence-electron chi connectivity index (χ0n) is 10.2. The first-order valence-corrected chi connectivity index (χ1v) is 5.97. The zero-order chi connectivity index (χ0) is 13.1. The van der Waals surface area contributed by atoms with E-state index in [1.807, 2.05) is 0 Å². The zero-order valence-corrected chi connectivity index (χ0v) is 10.2. The molecule has 0 unspecified atom stereocenters. The minimum Gasteiger partial charge on any atom is -0.340 e. The summed E-state index contributed by atoms with van der Waals surface area (Å²) >= 11 is 0. The van der Waals surface area contributed by atoms with Crippen molar-refractivity contribution in [2.75, 3.05) is 13.6 Å². The molecule has 1 amide bonds. The lowest BCUT2D eigenvalue weighted by Crippen LogP contribution is -2.36. The van der Waals surface area contributed by atoms with Crippen LogP contribution in [0.25, 0.3) is 0 Å². The smallest absolute Gasteiger partial charge is 0.236 e. The lowest BCUT2D eigenvalue weighted by Gasteiger charge is -2.18. The number of likely N-dealkylation sites (N-methyl/N-ethyl adjacent to an activating group) is 1. The van der Waals surface area contributed by atoms with Gasteiger partial charge in [-0.2, -0.15) is 0 Å². The maximum absolute atomic E-state index is 13.4. The molecular weight excluding hydrogens is 238 g/mol. The Hall–Kier alpha value is -1.49. The first-order chi connectivity index (χ1) is 8.56. The monoisotopic (exact) mass is 254 g/mol. The summed E-state index contributed by atoms with van der Waals surface area (Å²) in [5.74, 6) is -1.32. The van der Waals surface area contributed by atoms with E-state index in [0.29, 0.717) is 11.6 Å². The van der Waals surface area contributed by atoms with Crippen molar-refractivity contribution in [3.8, 4) is 0 Å². The van der Waals surface area contributed by atoms with Crippen LogP contribution in [0.3, 0.4) is 0 Å². The molecule has 0 aromatic heterocycles. The Morgan fingerprint density at radius 1 is 1.44 bits per heavy atom. The summed E-state index contributed by atoms with van der Waals surface area (Å²) in [6, 6.07) is 3.85. The van der Waals surface area contributed by atoms with Crippen LogP contribution in [0.5, 0.6) is 0 Å². The first kappa shape index (κ1) is 13.0. The number of rotatable bonds is 5. The van der Waals surface area contributed by atoms with Crippen LogP contribution in [0.4, 0.5) is 8.78 Å². The van der Waals surface area contributed by atoms with Gasteiger partial charge in [-0.3, -0.25) is 4.79 Å². The molecule has 0 saturated heterocycles. The van der Waals surface area contributed by atoms with Gasteiger partial charge in [-0.05, 0) is 18.9 Å². The number of nitrogens with one attached hydrogen (secondary N) is 1. The Labute approximate surface area is 105 Å². The molecule has 0 spiro atoms.